The Bertz CT molecular complexity index is 1430. The minimum absolute atomic E-state index is 0.246. The summed E-state index contributed by atoms with van der Waals surface area (Å²) in [7, 11) is 1.39. The Labute approximate surface area is 250 Å². The monoisotopic (exact) mass is 645 g/mol. The topological polar surface area (TPSA) is 154 Å². The molecule has 3 aromatic rings. The van der Waals surface area contributed by atoms with Crippen molar-refractivity contribution in [2.75, 3.05) is 18.6 Å². The van der Waals surface area contributed by atoms with E-state index in [2.05, 4.69) is 26.2 Å². The van der Waals surface area contributed by atoms with Gasteiger partial charge < -0.3 is 29.7 Å². The number of aliphatic hydroxyl groups is 3. The Morgan fingerprint density at radius 2 is 2.02 bits per heavy atom. The van der Waals surface area contributed by atoms with E-state index in [0.717, 1.165) is 10.0 Å². The maximum Gasteiger partial charge on any atom is 0.259 e. The first kappa shape index (κ1) is 29.6. The molecule has 1 saturated carbocycles. The predicted octanol–water partition coefficient (Wildman–Crippen LogP) is 2.86. The van der Waals surface area contributed by atoms with Gasteiger partial charge in [-0.05, 0) is 49.6 Å². The van der Waals surface area contributed by atoms with Gasteiger partial charge >= 0.3 is 0 Å². The van der Waals surface area contributed by atoms with Gasteiger partial charge in [0.25, 0.3) is 5.91 Å². The molecule has 0 bridgehead atoms. The smallest absolute Gasteiger partial charge is 0.259 e. The first-order valence-electron chi connectivity index (χ1n) is 13.1. The molecule has 1 saturated heterocycles. The first-order valence-corrected chi connectivity index (χ1v) is 14.3. The molecule has 41 heavy (non-hydrogen) atoms. The molecule has 0 radical (unpaired) electrons. The highest BCUT2D eigenvalue weighted by atomic mass is 79.9. The zero-order valence-electron chi connectivity index (χ0n) is 22.0. The van der Waals surface area contributed by atoms with Gasteiger partial charge in [0, 0.05) is 27.9 Å². The molecule has 1 aliphatic carbocycles. The van der Waals surface area contributed by atoms with E-state index in [-0.39, 0.29) is 10.6 Å². The number of carbonyl (C=O) groups excluding carboxylic acids is 1. The van der Waals surface area contributed by atoms with E-state index >= 15 is 0 Å². The SMILES string of the molecule is CO[C@@H]1[C@@H](n2cc(-c3ccc(Br)cc3)nn2)[C@@H](O)[C@@H](CO)O[C@H]1C(=O)N(c1cc(Cl)cc(C#N)c1)[C@@H]1CCC[C@H]1O. The molecule has 2 heterocycles. The summed E-state index contributed by atoms with van der Waals surface area (Å²) in [6.07, 6.45) is -2.29. The van der Waals surface area contributed by atoms with Crippen molar-refractivity contribution in [1.82, 2.24) is 15.0 Å². The number of anilines is 1. The van der Waals surface area contributed by atoms with E-state index in [1.54, 1.807) is 12.3 Å². The molecular formula is C28H29BrClN5O6. The number of rotatable bonds is 7. The molecule has 1 amide bonds. The van der Waals surface area contributed by atoms with Crippen LogP contribution in [0.5, 0.6) is 0 Å². The standard InChI is InChI=1S/C28H29BrClN5O6/c1-40-26-24(34-13-20(32-33-34)16-5-7-17(29)8-6-16)25(38)23(14-36)41-27(26)28(39)35(21-3-2-4-22(21)37)19-10-15(12-31)9-18(30)11-19/h5-11,13,21-27,36-38H,2-4,14H2,1H3/t21-,22-,23-,24+,25+,26-,27-/m1/s1. The van der Waals surface area contributed by atoms with Gasteiger partial charge in [0.15, 0.2) is 6.10 Å². The Balaban J connectivity index is 1.54. The fourth-order valence-electron chi connectivity index (χ4n) is 5.65. The van der Waals surface area contributed by atoms with Gasteiger partial charge in [-0.2, -0.15) is 5.26 Å². The lowest BCUT2D eigenvalue weighted by molar-refractivity contribution is -0.211. The third-order valence-corrected chi connectivity index (χ3v) is 8.39. The maximum absolute atomic E-state index is 14.4. The van der Waals surface area contributed by atoms with Crippen LogP contribution in [0.25, 0.3) is 11.3 Å². The highest BCUT2D eigenvalue weighted by Crippen LogP contribution is 2.37. The Morgan fingerprint density at radius 1 is 1.27 bits per heavy atom. The number of ether oxygens (including phenoxy) is 2. The van der Waals surface area contributed by atoms with Crippen LogP contribution in [-0.2, 0) is 14.3 Å². The van der Waals surface area contributed by atoms with Crippen molar-refractivity contribution >= 4 is 39.1 Å². The zero-order chi connectivity index (χ0) is 29.3. The summed E-state index contributed by atoms with van der Waals surface area (Å²) in [6, 6.07) is 12.5. The number of aromatic nitrogens is 3. The molecule has 7 atom stereocenters. The summed E-state index contributed by atoms with van der Waals surface area (Å²) in [5.41, 5.74) is 1.89. The average Bonchev–Trinajstić information content (AvgIpc) is 3.62. The number of nitriles is 1. The van der Waals surface area contributed by atoms with E-state index in [4.69, 9.17) is 21.1 Å². The van der Waals surface area contributed by atoms with Crippen molar-refractivity contribution in [2.45, 2.75) is 61.9 Å². The number of methoxy groups -OCH3 is 1. The van der Waals surface area contributed by atoms with Crippen molar-refractivity contribution in [1.29, 1.82) is 5.26 Å². The molecule has 2 fully saturated rings. The summed E-state index contributed by atoms with van der Waals surface area (Å²) in [5, 5.41) is 50.4. The second-order valence-corrected chi connectivity index (χ2v) is 11.5. The fraction of sp³-hybridized carbons (Fsp3) is 0.429. The van der Waals surface area contributed by atoms with Crippen LogP contribution in [0, 0.1) is 11.3 Å². The highest BCUT2D eigenvalue weighted by molar-refractivity contribution is 9.10. The lowest BCUT2D eigenvalue weighted by Crippen LogP contribution is -2.62. The quantitative estimate of drug-likeness (QED) is 0.352. The van der Waals surface area contributed by atoms with Crippen molar-refractivity contribution in [3.8, 4) is 17.3 Å². The van der Waals surface area contributed by atoms with Crippen molar-refractivity contribution < 1.29 is 29.6 Å². The molecule has 13 heteroatoms. The summed E-state index contributed by atoms with van der Waals surface area (Å²) in [6.45, 7) is -0.575. The van der Waals surface area contributed by atoms with Crippen LogP contribution >= 0.6 is 27.5 Å². The van der Waals surface area contributed by atoms with E-state index < -0.39 is 55.1 Å². The molecule has 0 spiro atoms. The van der Waals surface area contributed by atoms with Gasteiger partial charge in [-0.1, -0.05) is 44.9 Å². The van der Waals surface area contributed by atoms with Gasteiger partial charge in [0.05, 0.1) is 36.6 Å². The molecular weight excluding hydrogens is 618 g/mol. The van der Waals surface area contributed by atoms with E-state index in [1.807, 2.05) is 30.3 Å². The summed E-state index contributed by atoms with van der Waals surface area (Å²) >= 11 is 9.71. The lowest BCUT2D eigenvalue weighted by Gasteiger charge is -2.45. The van der Waals surface area contributed by atoms with Gasteiger partial charge in [0.2, 0.25) is 0 Å². The summed E-state index contributed by atoms with van der Waals surface area (Å²) < 4.78 is 14.1. The van der Waals surface area contributed by atoms with Gasteiger partial charge in [-0.25, -0.2) is 4.68 Å². The fourth-order valence-corrected chi connectivity index (χ4v) is 6.15. The minimum Gasteiger partial charge on any atom is -0.394 e. The lowest BCUT2D eigenvalue weighted by atomic mass is 9.91. The Morgan fingerprint density at radius 3 is 2.66 bits per heavy atom. The maximum atomic E-state index is 14.4. The van der Waals surface area contributed by atoms with Crippen LogP contribution in [-0.4, -0.2) is 86.5 Å². The van der Waals surface area contributed by atoms with Gasteiger partial charge in [-0.3, -0.25) is 4.79 Å². The summed E-state index contributed by atoms with van der Waals surface area (Å²) in [4.78, 5) is 15.8. The predicted molar refractivity (Wildman–Crippen MR) is 152 cm³/mol. The van der Waals surface area contributed by atoms with Gasteiger partial charge in [0.1, 0.15) is 30.0 Å². The molecule has 5 rings (SSSR count). The Hall–Kier alpha value is -2.89. The van der Waals surface area contributed by atoms with Crippen LogP contribution in [0.4, 0.5) is 5.69 Å². The van der Waals surface area contributed by atoms with Crippen LogP contribution in [0.15, 0.2) is 53.1 Å². The second-order valence-electron chi connectivity index (χ2n) is 10.1. The molecule has 11 nitrogen and oxygen atoms in total. The number of aliphatic hydroxyl groups excluding tert-OH is 3. The average molecular weight is 647 g/mol. The van der Waals surface area contributed by atoms with Crippen LogP contribution < -0.4 is 4.90 Å². The third-order valence-electron chi connectivity index (χ3n) is 7.64. The number of carbonyl (C=O) groups is 1. The highest BCUT2D eigenvalue weighted by Gasteiger charge is 2.52. The van der Waals surface area contributed by atoms with Crippen LogP contribution in [0.2, 0.25) is 5.02 Å². The van der Waals surface area contributed by atoms with Crippen molar-refractivity contribution in [3.05, 3.63) is 63.7 Å². The largest absolute Gasteiger partial charge is 0.394 e. The minimum atomic E-state index is -1.32. The number of nitrogens with zero attached hydrogens (tertiary/aromatic N) is 5. The number of hydrogen-bond acceptors (Lipinski definition) is 9. The molecule has 1 aromatic heterocycles. The molecule has 216 valence electrons. The second kappa shape index (κ2) is 12.5. The van der Waals surface area contributed by atoms with E-state index in [1.165, 1.54) is 28.8 Å². The first-order chi connectivity index (χ1) is 19.7. The summed E-state index contributed by atoms with van der Waals surface area (Å²) in [5.74, 6) is -0.572. The van der Waals surface area contributed by atoms with E-state index in [0.29, 0.717) is 30.6 Å². The number of benzene rings is 2. The zero-order valence-corrected chi connectivity index (χ0v) is 24.4. The molecule has 1 aliphatic heterocycles. The molecule has 3 N–H and O–H groups in total. The number of halogens is 2. The molecule has 0 unspecified atom stereocenters. The van der Waals surface area contributed by atoms with Crippen molar-refractivity contribution in [3.63, 3.8) is 0 Å². The normalized spacial score (nSPS) is 27.9. The van der Waals surface area contributed by atoms with E-state index in [9.17, 15) is 25.4 Å². The van der Waals surface area contributed by atoms with Crippen LogP contribution in [0.1, 0.15) is 30.9 Å². The third kappa shape index (κ3) is 5.89. The Kier molecular flexibility index (Phi) is 9.06. The molecule has 2 aliphatic rings. The van der Waals surface area contributed by atoms with Gasteiger partial charge in [-0.15, -0.1) is 5.10 Å². The number of hydrogen-bond donors (Lipinski definition) is 3. The molecule has 2 aromatic carbocycles. The number of amides is 1. The van der Waals surface area contributed by atoms with Crippen LogP contribution in [0.3, 0.4) is 0 Å². The van der Waals surface area contributed by atoms with Crippen molar-refractivity contribution in [2.24, 2.45) is 0 Å².